The molecular weight excluding hydrogens is 251 g/mol. The van der Waals surface area contributed by atoms with Crippen LogP contribution < -0.4 is 5.44 Å². The lowest BCUT2D eigenvalue weighted by atomic mass is 10.3. The van der Waals surface area contributed by atoms with E-state index in [-0.39, 0.29) is 7.92 Å². The third-order valence-corrected chi connectivity index (χ3v) is 5.90. The predicted molar refractivity (Wildman–Crippen MR) is 85.6 cm³/mol. The zero-order chi connectivity index (χ0) is 13.5. The van der Waals surface area contributed by atoms with E-state index < -0.39 is 0 Å². The zero-order valence-corrected chi connectivity index (χ0v) is 12.9. The van der Waals surface area contributed by atoms with Crippen molar-refractivity contribution in [1.82, 2.24) is 9.97 Å². The highest BCUT2D eigenvalue weighted by molar-refractivity contribution is 7.65. The molecule has 102 valence electrons. The molecule has 1 heterocycles. The lowest BCUT2D eigenvalue weighted by molar-refractivity contribution is 0.870. The van der Waals surface area contributed by atoms with Crippen molar-refractivity contribution < 1.29 is 0 Å². The van der Waals surface area contributed by atoms with Gasteiger partial charge in [-0.05, 0) is 37.3 Å². The quantitative estimate of drug-likeness (QED) is 0.702. The summed E-state index contributed by atoms with van der Waals surface area (Å²) >= 11 is 0. The average Bonchev–Trinajstić information content (AvgIpc) is 2.47. The monoisotopic (exact) mass is 274 g/mol. The molecule has 2 aromatic rings. The van der Waals surface area contributed by atoms with Gasteiger partial charge < -0.3 is 0 Å². The molecule has 2 rings (SSSR count). The number of aromatic nitrogens is 2. The lowest BCUT2D eigenvalue weighted by Gasteiger charge is -2.16. The summed E-state index contributed by atoms with van der Waals surface area (Å²) in [6.07, 6.45) is 9.78. The highest BCUT2D eigenvalue weighted by atomic mass is 31.1. The van der Waals surface area contributed by atoms with E-state index in [2.05, 4.69) is 24.9 Å². The standard InChI is InChI=1S/C16H23N2P/c1-3-5-11-19(12-6-4-2)16-13-17-14-9-7-8-10-15(14)18-16/h7-10,13H,3-6,11-12H2,1-2H3. The lowest BCUT2D eigenvalue weighted by Crippen LogP contribution is -2.12. The molecule has 0 aliphatic carbocycles. The summed E-state index contributed by atoms with van der Waals surface area (Å²) < 4.78 is 0. The van der Waals surface area contributed by atoms with Crippen molar-refractivity contribution >= 4 is 24.4 Å². The predicted octanol–water partition coefficient (Wildman–Crippen LogP) is 4.34. The Balaban J connectivity index is 2.21. The average molecular weight is 274 g/mol. The molecule has 0 aliphatic rings. The number of benzene rings is 1. The summed E-state index contributed by atoms with van der Waals surface area (Å²) in [5, 5.41) is 0. The van der Waals surface area contributed by atoms with Crippen LogP contribution >= 0.6 is 7.92 Å². The fraction of sp³-hybridized carbons (Fsp3) is 0.500. The highest BCUT2D eigenvalue weighted by Gasteiger charge is 2.12. The van der Waals surface area contributed by atoms with Crippen LogP contribution in [0.5, 0.6) is 0 Å². The van der Waals surface area contributed by atoms with Crippen molar-refractivity contribution in [2.75, 3.05) is 12.3 Å². The van der Waals surface area contributed by atoms with Crippen LogP contribution in [0, 0.1) is 0 Å². The van der Waals surface area contributed by atoms with E-state index in [0.29, 0.717) is 0 Å². The van der Waals surface area contributed by atoms with Gasteiger partial charge in [0.05, 0.1) is 22.7 Å². The third kappa shape index (κ3) is 3.98. The van der Waals surface area contributed by atoms with Gasteiger partial charge in [0.25, 0.3) is 0 Å². The van der Waals surface area contributed by atoms with Gasteiger partial charge in [-0.25, -0.2) is 4.98 Å². The third-order valence-electron chi connectivity index (χ3n) is 3.32. The molecule has 0 spiro atoms. The normalized spacial score (nSPS) is 11.3. The molecule has 3 heteroatoms. The number of hydrogen-bond acceptors (Lipinski definition) is 2. The molecule has 0 N–H and O–H groups in total. The van der Waals surface area contributed by atoms with Gasteiger partial charge in [0.1, 0.15) is 0 Å². The molecule has 19 heavy (non-hydrogen) atoms. The zero-order valence-electron chi connectivity index (χ0n) is 12.0. The molecule has 0 aliphatic heterocycles. The van der Waals surface area contributed by atoms with Crippen LogP contribution in [0.1, 0.15) is 39.5 Å². The van der Waals surface area contributed by atoms with E-state index in [1.54, 1.807) is 0 Å². The Morgan fingerprint density at radius 1 is 0.947 bits per heavy atom. The molecule has 0 amide bonds. The topological polar surface area (TPSA) is 25.8 Å². The maximum atomic E-state index is 4.85. The molecule has 0 radical (unpaired) electrons. The highest BCUT2D eigenvalue weighted by Crippen LogP contribution is 2.36. The first-order valence-electron chi connectivity index (χ1n) is 7.32. The van der Waals surface area contributed by atoms with Crippen LogP contribution in [0.2, 0.25) is 0 Å². The van der Waals surface area contributed by atoms with Gasteiger partial charge in [-0.1, -0.05) is 46.7 Å². The second-order valence-electron chi connectivity index (χ2n) is 4.91. The second kappa shape index (κ2) is 7.55. The molecular formula is C16H23N2P. The van der Waals surface area contributed by atoms with E-state index in [1.807, 2.05) is 24.4 Å². The van der Waals surface area contributed by atoms with E-state index in [4.69, 9.17) is 4.98 Å². The minimum atomic E-state index is -0.114. The van der Waals surface area contributed by atoms with Gasteiger partial charge in [-0.15, -0.1) is 0 Å². The largest absolute Gasteiger partial charge is 0.252 e. The molecule has 0 unspecified atom stereocenters. The number of nitrogens with zero attached hydrogens (tertiary/aromatic N) is 2. The van der Waals surface area contributed by atoms with E-state index in [0.717, 1.165) is 11.0 Å². The fourth-order valence-electron chi connectivity index (χ4n) is 2.14. The number of fused-ring (bicyclic) bond motifs is 1. The van der Waals surface area contributed by atoms with E-state index in [9.17, 15) is 0 Å². The van der Waals surface area contributed by atoms with E-state index in [1.165, 1.54) is 43.4 Å². The maximum absolute atomic E-state index is 4.85. The van der Waals surface area contributed by atoms with Gasteiger partial charge in [-0.2, -0.15) is 0 Å². The minimum absolute atomic E-state index is 0.114. The number of para-hydroxylation sites is 2. The fourth-order valence-corrected chi connectivity index (χ4v) is 4.69. The first-order valence-corrected chi connectivity index (χ1v) is 9.03. The van der Waals surface area contributed by atoms with Crippen LogP contribution in [0.25, 0.3) is 11.0 Å². The Bertz CT molecular complexity index is 505. The van der Waals surface area contributed by atoms with Gasteiger partial charge in [0.2, 0.25) is 0 Å². The molecule has 0 atom stereocenters. The Morgan fingerprint density at radius 2 is 1.58 bits per heavy atom. The van der Waals surface area contributed by atoms with Gasteiger partial charge in [0.15, 0.2) is 0 Å². The second-order valence-corrected chi connectivity index (χ2v) is 7.34. The van der Waals surface area contributed by atoms with Crippen molar-refractivity contribution in [3.05, 3.63) is 30.5 Å². The summed E-state index contributed by atoms with van der Waals surface area (Å²) in [6, 6.07) is 8.17. The SMILES string of the molecule is CCCCP(CCCC)c1cnc2ccccc2n1. The van der Waals surface area contributed by atoms with Crippen LogP contribution in [-0.4, -0.2) is 22.3 Å². The Morgan fingerprint density at radius 3 is 2.21 bits per heavy atom. The smallest absolute Gasteiger partial charge is 0.0894 e. The van der Waals surface area contributed by atoms with Crippen molar-refractivity contribution in [1.29, 1.82) is 0 Å². The molecule has 0 saturated heterocycles. The Hall–Kier alpha value is -1.01. The maximum Gasteiger partial charge on any atom is 0.0894 e. The van der Waals surface area contributed by atoms with Gasteiger partial charge >= 0.3 is 0 Å². The van der Waals surface area contributed by atoms with Crippen molar-refractivity contribution in [2.24, 2.45) is 0 Å². The Labute approximate surface area is 117 Å². The van der Waals surface area contributed by atoms with E-state index >= 15 is 0 Å². The van der Waals surface area contributed by atoms with Crippen LogP contribution in [0.15, 0.2) is 30.5 Å². The summed E-state index contributed by atoms with van der Waals surface area (Å²) in [6.45, 7) is 4.53. The van der Waals surface area contributed by atoms with Crippen LogP contribution in [0.3, 0.4) is 0 Å². The summed E-state index contributed by atoms with van der Waals surface area (Å²) in [4.78, 5) is 9.42. The van der Waals surface area contributed by atoms with Crippen LogP contribution in [0.4, 0.5) is 0 Å². The summed E-state index contributed by atoms with van der Waals surface area (Å²) in [5.41, 5.74) is 3.29. The van der Waals surface area contributed by atoms with Crippen molar-refractivity contribution in [2.45, 2.75) is 39.5 Å². The number of rotatable bonds is 7. The van der Waals surface area contributed by atoms with Gasteiger partial charge in [-0.3, -0.25) is 4.98 Å². The van der Waals surface area contributed by atoms with Gasteiger partial charge in [0, 0.05) is 0 Å². The van der Waals surface area contributed by atoms with Crippen LogP contribution in [-0.2, 0) is 0 Å². The summed E-state index contributed by atoms with van der Waals surface area (Å²) in [7, 11) is -0.114. The first kappa shape index (κ1) is 14.4. The molecule has 1 aromatic carbocycles. The Kier molecular flexibility index (Phi) is 5.72. The molecule has 2 nitrogen and oxygen atoms in total. The number of hydrogen-bond donors (Lipinski definition) is 0. The van der Waals surface area contributed by atoms with Crippen molar-refractivity contribution in [3.8, 4) is 0 Å². The molecule has 0 fully saturated rings. The molecule has 0 bridgehead atoms. The summed E-state index contributed by atoms with van der Waals surface area (Å²) in [5.74, 6) is 0. The molecule has 0 saturated carbocycles. The number of unbranched alkanes of at least 4 members (excludes halogenated alkanes) is 2. The minimum Gasteiger partial charge on any atom is -0.252 e. The first-order chi connectivity index (χ1) is 9.35. The van der Waals surface area contributed by atoms with Crippen molar-refractivity contribution in [3.63, 3.8) is 0 Å². The molecule has 1 aromatic heterocycles.